The van der Waals surface area contributed by atoms with Gasteiger partial charge in [-0.25, -0.2) is 0 Å². The van der Waals surface area contributed by atoms with E-state index in [2.05, 4.69) is 24.1 Å². The molecule has 14 heavy (non-hydrogen) atoms. The molecular formula is C11H19N3. The summed E-state index contributed by atoms with van der Waals surface area (Å²) in [4.78, 5) is 4.01. The smallest absolute Gasteiger partial charge is 0.0382 e. The third kappa shape index (κ3) is 2.30. The summed E-state index contributed by atoms with van der Waals surface area (Å²) in [5, 5.41) is 3.30. The molecule has 0 fully saturated rings. The summed E-state index contributed by atoms with van der Waals surface area (Å²) < 4.78 is 0. The maximum atomic E-state index is 5.76. The van der Waals surface area contributed by atoms with E-state index in [1.807, 2.05) is 31.6 Å². The Bertz CT molecular complexity index is 269. The van der Waals surface area contributed by atoms with Crippen LogP contribution in [0, 0.1) is 5.41 Å². The van der Waals surface area contributed by atoms with Gasteiger partial charge in [0.1, 0.15) is 0 Å². The number of pyridine rings is 1. The van der Waals surface area contributed by atoms with E-state index in [-0.39, 0.29) is 11.5 Å². The lowest BCUT2D eigenvalue weighted by molar-refractivity contribution is 0.265. The summed E-state index contributed by atoms with van der Waals surface area (Å²) in [5.74, 6) is 0. The van der Waals surface area contributed by atoms with Gasteiger partial charge in [0, 0.05) is 18.4 Å². The fourth-order valence-corrected chi connectivity index (χ4v) is 1.68. The van der Waals surface area contributed by atoms with E-state index in [1.54, 1.807) is 0 Å². The average molecular weight is 193 g/mol. The van der Waals surface area contributed by atoms with E-state index in [9.17, 15) is 0 Å². The molecule has 0 bridgehead atoms. The van der Waals surface area contributed by atoms with E-state index < -0.39 is 0 Å². The topological polar surface area (TPSA) is 50.9 Å². The Balaban J connectivity index is 2.93. The van der Waals surface area contributed by atoms with Crippen LogP contribution < -0.4 is 11.1 Å². The Morgan fingerprint density at radius 3 is 2.43 bits per heavy atom. The Hall–Kier alpha value is -0.930. The lowest BCUT2D eigenvalue weighted by atomic mass is 9.81. The van der Waals surface area contributed by atoms with Gasteiger partial charge in [-0.15, -0.1) is 0 Å². The van der Waals surface area contributed by atoms with Crippen molar-refractivity contribution < 1.29 is 0 Å². The molecule has 1 aromatic rings. The molecule has 0 aliphatic heterocycles. The van der Waals surface area contributed by atoms with E-state index in [0.717, 1.165) is 0 Å². The molecule has 3 nitrogen and oxygen atoms in total. The summed E-state index contributed by atoms with van der Waals surface area (Å²) in [5.41, 5.74) is 7.05. The monoisotopic (exact) mass is 193 g/mol. The molecule has 1 atom stereocenters. The molecule has 3 N–H and O–H groups in total. The third-order valence-corrected chi connectivity index (χ3v) is 2.64. The number of nitrogens with two attached hydrogens (primary N) is 1. The fraction of sp³-hybridized carbons (Fsp3) is 0.545. The summed E-state index contributed by atoms with van der Waals surface area (Å²) in [7, 11) is 1.96. The minimum absolute atomic E-state index is 0.0517. The Morgan fingerprint density at radius 2 is 2.00 bits per heavy atom. The summed E-state index contributed by atoms with van der Waals surface area (Å²) >= 11 is 0. The number of aromatic nitrogens is 1. The molecule has 1 rings (SSSR count). The highest BCUT2D eigenvalue weighted by Crippen LogP contribution is 2.31. The molecule has 78 valence electrons. The summed E-state index contributed by atoms with van der Waals surface area (Å²) in [6.45, 7) is 4.98. The second kappa shape index (κ2) is 4.53. The standard InChI is InChI=1S/C11H19N3/c1-11(2,8-12)10(13-3)9-4-6-14-7-5-9/h4-7,10,13H,8,12H2,1-3H3. The van der Waals surface area contributed by atoms with Gasteiger partial charge in [0.05, 0.1) is 0 Å². The molecule has 1 unspecified atom stereocenters. The molecule has 0 spiro atoms. The van der Waals surface area contributed by atoms with Crippen LogP contribution in [0.25, 0.3) is 0 Å². The lowest BCUT2D eigenvalue weighted by Crippen LogP contribution is -2.37. The van der Waals surface area contributed by atoms with Crippen LogP contribution in [0.1, 0.15) is 25.5 Å². The number of rotatable bonds is 4. The van der Waals surface area contributed by atoms with Crippen molar-refractivity contribution in [1.82, 2.24) is 10.3 Å². The van der Waals surface area contributed by atoms with E-state index in [1.165, 1.54) is 5.56 Å². The first-order valence-corrected chi connectivity index (χ1v) is 4.89. The van der Waals surface area contributed by atoms with Crippen LogP contribution in [0.3, 0.4) is 0 Å². The second-order valence-corrected chi connectivity index (χ2v) is 4.19. The average Bonchev–Trinajstić information content (AvgIpc) is 2.20. The molecular weight excluding hydrogens is 174 g/mol. The maximum Gasteiger partial charge on any atom is 0.0382 e. The predicted molar refractivity (Wildman–Crippen MR) is 58.9 cm³/mol. The van der Waals surface area contributed by atoms with Gasteiger partial charge in [-0.1, -0.05) is 13.8 Å². The zero-order valence-corrected chi connectivity index (χ0v) is 9.12. The second-order valence-electron chi connectivity index (χ2n) is 4.19. The van der Waals surface area contributed by atoms with Gasteiger partial charge in [-0.3, -0.25) is 4.98 Å². The molecule has 0 saturated carbocycles. The Labute approximate surface area is 85.7 Å². The van der Waals surface area contributed by atoms with E-state index in [0.29, 0.717) is 6.54 Å². The molecule has 0 aromatic carbocycles. The number of nitrogens with one attached hydrogen (secondary N) is 1. The van der Waals surface area contributed by atoms with Crippen LogP contribution in [0.15, 0.2) is 24.5 Å². The van der Waals surface area contributed by atoms with E-state index in [4.69, 9.17) is 5.73 Å². The molecule has 0 radical (unpaired) electrons. The number of nitrogens with zero attached hydrogens (tertiary/aromatic N) is 1. The SMILES string of the molecule is CNC(c1ccncc1)C(C)(C)CN. The normalized spacial score (nSPS) is 14.0. The lowest BCUT2D eigenvalue weighted by Gasteiger charge is -2.33. The fourth-order valence-electron chi connectivity index (χ4n) is 1.68. The zero-order chi connectivity index (χ0) is 10.6. The Morgan fingerprint density at radius 1 is 1.43 bits per heavy atom. The molecule has 3 heteroatoms. The number of hydrogen-bond acceptors (Lipinski definition) is 3. The highest BCUT2D eigenvalue weighted by atomic mass is 14.9. The first-order chi connectivity index (χ1) is 6.61. The van der Waals surface area contributed by atoms with Crippen LogP contribution in [0.2, 0.25) is 0 Å². The van der Waals surface area contributed by atoms with Crippen LogP contribution in [-0.2, 0) is 0 Å². The van der Waals surface area contributed by atoms with Gasteiger partial charge in [-0.05, 0) is 36.7 Å². The van der Waals surface area contributed by atoms with Crippen molar-refractivity contribution >= 4 is 0 Å². The van der Waals surface area contributed by atoms with Crippen molar-refractivity contribution in [1.29, 1.82) is 0 Å². The molecule has 0 saturated heterocycles. The molecule has 0 aliphatic carbocycles. The van der Waals surface area contributed by atoms with Crippen molar-refractivity contribution in [3.8, 4) is 0 Å². The van der Waals surface area contributed by atoms with Crippen molar-refractivity contribution in [2.75, 3.05) is 13.6 Å². The van der Waals surface area contributed by atoms with Gasteiger partial charge < -0.3 is 11.1 Å². The maximum absolute atomic E-state index is 5.76. The van der Waals surface area contributed by atoms with Gasteiger partial charge in [0.25, 0.3) is 0 Å². The summed E-state index contributed by atoms with van der Waals surface area (Å²) in [6.07, 6.45) is 3.62. The van der Waals surface area contributed by atoms with Crippen molar-refractivity contribution in [2.45, 2.75) is 19.9 Å². The minimum atomic E-state index is 0.0517. The largest absolute Gasteiger partial charge is 0.330 e. The van der Waals surface area contributed by atoms with Gasteiger partial charge in [-0.2, -0.15) is 0 Å². The molecule has 1 aromatic heterocycles. The van der Waals surface area contributed by atoms with Crippen molar-refractivity contribution in [2.24, 2.45) is 11.1 Å². The first-order valence-electron chi connectivity index (χ1n) is 4.89. The third-order valence-electron chi connectivity index (χ3n) is 2.64. The highest BCUT2D eigenvalue weighted by Gasteiger charge is 2.27. The van der Waals surface area contributed by atoms with Crippen molar-refractivity contribution in [3.63, 3.8) is 0 Å². The first kappa shape index (κ1) is 11.1. The highest BCUT2D eigenvalue weighted by molar-refractivity contribution is 5.17. The van der Waals surface area contributed by atoms with Crippen LogP contribution in [0.4, 0.5) is 0 Å². The van der Waals surface area contributed by atoms with Crippen LogP contribution >= 0.6 is 0 Å². The summed E-state index contributed by atoms with van der Waals surface area (Å²) in [6, 6.07) is 4.33. The molecule has 0 amide bonds. The minimum Gasteiger partial charge on any atom is -0.330 e. The number of hydrogen-bond donors (Lipinski definition) is 2. The van der Waals surface area contributed by atoms with Gasteiger partial charge in [0.15, 0.2) is 0 Å². The van der Waals surface area contributed by atoms with Crippen LogP contribution in [-0.4, -0.2) is 18.6 Å². The predicted octanol–water partition coefficient (Wildman–Crippen LogP) is 1.33. The van der Waals surface area contributed by atoms with Gasteiger partial charge >= 0.3 is 0 Å². The Kier molecular flexibility index (Phi) is 3.61. The zero-order valence-electron chi connectivity index (χ0n) is 9.12. The molecule has 0 aliphatic rings. The molecule has 1 heterocycles. The van der Waals surface area contributed by atoms with Crippen molar-refractivity contribution in [3.05, 3.63) is 30.1 Å². The van der Waals surface area contributed by atoms with E-state index >= 15 is 0 Å². The van der Waals surface area contributed by atoms with Crippen LogP contribution in [0.5, 0.6) is 0 Å². The quantitative estimate of drug-likeness (QED) is 0.758. The van der Waals surface area contributed by atoms with Gasteiger partial charge in [0.2, 0.25) is 0 Å².